The van der Waals surface area contributed by atoms with Gasteiger partial charge in [-0.25, -0.2) is 0 Å². The quantitative estimate of drug-likeness (QED) is 0.560. The number of aliphatic hydroxyl groups is 1. The minimum absolute atomic E-state index is 0.204. The van der Waals surface area contributed by atoms with E-state index in [4.69, 9.17) is 9.84 Å². The lowest BCUT2D eigenvalue weighted by atomic mass is 10.2. The van der Waals surface area contributed by atoms with Crippen LogP contribution in [0.1, 0.15) is 20.8 Å². The highest BCUT2D eigenvalue weighted by atomic mass is 16.6. The molecule has 1 atom stereocenters. The molecule has 0 fully saturated rings. The molecule has 0 amide bonds. The van der Waals surface area contributed by atoms with E-state index in [2.05, 4.69) is 0 Å². The molecule has 0 aromatic rings. The van der Waals surface area contributed by atoms with E-state index in [1.807, 2.05) is 20.8 Å². The van der Waals surface area contributed by atoms with Crippen LogP contribution in [0.4, 0.5) is 0 Å². The first-order chi connectivity index (χ1) is 3.68. The van der Waals surface area contributed by atoms with E-state index in [-0.39, 0.29) is 5.92 Å². The molecule has 0 aliphatic carbocycles. The molecule has 0 saturated carbocycles. The van der Waals surface area contributed by atoms with Crippen molar-refractivity contribution in [2.45, 2.75) is 27.1 Å². The molecule has 0 bridgehead atoms. The first-order valence-corrected chi connectivity index (χ1v) is 2.98. The summed E-state index contributed by atoms with van der Waals surface area (Å²) in [6.07, 6.45) is -0.583. The lowest BCUT2D eigenvalue weighted by molar-refractivity contribution is -0.122. The molecule has 0 aliphatic heterocycles. The molecular formula is C6H14O2. The summed E-state index contributed by atoms with van der Waals surface area (Å²) in [6.45, 7) is 6.28. The molecule has 0 rings (SSSR count). The molecule has 50 valence electrons. The maximum absolute atomic E-state index is 8.90. The zero-order chi connectivity index (χ0) is 6.57. The third-order valence-corrected chi connectivity index (χ3v) is 0.908. The topological polar surface area (TPSA) is 29.5 Å². The summed E-state index contributed by atoms with van der Waals surface area (Å²) in [7, 11) is 0. The van der Waals surface area contributed by atoms with Gasteiger partial charge >= 0.3 is 0 Å². The Balaban J connectivity index is 3.17. The SMILES string of the molecule is CCO[C@@H](O)C(C)C. The average Bonchev–Trinajstić information content (AvgIpc) is 1.67. The van der Waals surface area contributed by atoms with Gasteiger partial charge in [-0.3, -0.25) is 0 Å². The summed E-state index contributed by atoms with van der Waals surface area (Å²) >= 11 is 0. The highest BCUT2D eigenvalue weighted by molar-refractivity contribution is 4.44. The normalized spacial score (nSPS) is 14.6. The molecule has 0 heterocycles. The maximum Gasteiger partial charge on any atom is 0.156 e. The van der Waals surface area contributed by atoms with Gasteiger partial charge in [-0.1, -0.05) is 13.8 Å². The van der Waals surface area contributed by atoms with Gasteiger partial charge in [0.2, 0.25) is 0 Å². The molecule has 8 heavy (non-hydrogen) atoms. The summed E-state index contributed by atoms with van der Waals surface area (Å²) in [4.78, 5) is 0. The summed E-state index contributed by atoms with van der Waals surface area (Å²) in [5.41, 5.74) is 0. The minimum Gasteiger partial charge on any atom is -0.368 e. The highest BCUT2D eigenvalue weighted by Gasteiger charge is 2.05. The van der Waals surface area contributed by atoms with E-state index < -0.39 is 6.29 Å². The first kappa shape index (κ1) is 7.92. The van der Waals surface area contributed by atoms with E-state index in [1.165, 1.54) is 0 Å². The predicted octanol–water partition coefficient (Wildman–Crippen LogP) is 0.997. The molecule has 0 spiro atoms. The molecule has 0 aromatic heterocycles. The van der Waals surface area contributed by atoms with Crippen LogP contribution in [0.25, 0.3) is 0 Å². The second kappa shape index (κ2) is 3.87. The van der Waals surface area contributed by atoms with Crippen molar-refractivity contribution in [2.24, 2.45) is 5.92 Å². The Hall–Kier alpha value is -0.0800. The van der Waals surface area contributed by atoms with Crippen molar-refractivity contribution in [3.8, 4) is 0 Å². The lowest BCUT2D eigenvalue weighted by Crippen LogP contribution is -2.18. The van der Waals surface area contributed by atoms with Gasteiger partial charge < -0.3 is 9.84 Å². The van der Waals surface area contributed by atoms with Crippen LogP contribution < -0.4 is 0 Å². The van der Waals surface area contributed by atoms with Gasteiger partial charge in [-0.2, -0.15) is 0 Å². The number of hydrogen-bond acceptors (Lipinski definition) is 2. The van der Waals surface area contributed by atoms with E-state index in [9.17, 15) is 0 Å². The van der Waals surface area contributed by atoms with Crippen LogP contribution in [0, 0.1) is 5.92 Å². The minimum atomic E-state index is -0.583. The van der Waals surface area contributed by atoms with Crippen molar-refractivity contribution < 1.29 is 9.84 Å². The number of aliphatic hydroxyl groups excluding tert-OH is 1. The van der Waals surface area contributed by atoms with Crippen LogP contribution in [-0.4, -0.2) is 18.0 Å². The van der Waals surface area contributed by atoms with Gasteiger partial charge in [-0.05, 0) is 6.92 Å². The zero-order valence-corrected chi connectivity index (χ0v) is 5.72. The van der Waals surface area contributed by atoms with Gasteiger partial charge in [0.25, 0.3) is 0 Å². The highest BCUT2D eigenvalue weighted by Crippen LogP contribution is 2.00. The van der Waals surface area contributed by atoms with E-state index in [0.29, 0.717) is 6.61 Å². The van der Waals surface area contributed by atoms with Gasteiger partial charge in [0.05, 0.1) is 0 Å². The summed E-state index contributed by atoms with van der Waals surface area (Å²) in [5.74, 6) is 0.204. The predicted molar refractivity (Wildman–Crippen MR) is 32.5 cm³/mol. The van der Waals surface area contributed by atoms with Crippen molar-refractivity contribution >= 4 is 0 Å². The van der Waals surface area contributed by atoms with Crippen molar-refractivity contribution in [1.82, 2.24) is 0 Å². The van der Waals surface area contributed by atoms with Crippen LogP contribution in [-0.2, 0) is 4.74 Å². The van der Waals surface area contributed by atoms with E-state index in [0.717, 1.165) is 0 Å². The second-order valence-corrected chi connectivity index (χ2v) is 2.09. The van der Waals surface area contributed by atoms with Crippen LogP contribution in [0.5, 0.6) is 0 Å². The molecule has 0 radical (unpaired) electrons. The number of hydrogen-bond donors (Lipinski definition) is 1. The van der Waals surface area contributed by atoms with Gasteiger partial charge in [0.1, 0.15) is 0 Å². The van der Waals surface area contributed by atoms with Crippen LogP contribution in [0.3, 0.4) is 0 Å². The molecule has 2 nitrogen and oxygen atoms in total. The third kappa shape index (κ3) is 2.99. The first-order valence-electron chi connectivity index (χ1n) is 2.98. The third-order valence-electron chi connectivity index (χ3n) is 0.908. The summed E-state index contributed by atoms with van der Waals surface area (Å²) < 4.78 is 4.86. The Morgan fingerprint density at radius 3 is 2.12 bits per heavy atom. The van der Waals surface area contributed by atoms with Crippen molar-refractivity contribution in [1.29, 1.82) is 0 Å². The van der Waals surface area contributed by atoms with Crippen molar-refractivity contribution in [2.75, 3.05) is 6.61 Å². The largest absolute Gasteiger partial charge is 0.368 e. The maximum atomic E-state index is 8.90. The van der Waals surface area contributed by atoms with Crippen molar-refractivity contribution in [3.05, 3.63) is 0 Å². The standard InChI is InChI=1S/C6H14O2/c1-4-8-6(7)5(2)3/h5-7H,4H2,1-3H3/t6-/m1/s1. The van der Waals surface area contributed by atoms with Gasteiger partial charge in [-0.15, -0.1) is 0 Å². The van der Waals surface area contributed by atoms with Crippen LogP contribution in [0.15, 0.2) is 0 Å². The Morgan fingerprint density at radius 1 is 1.50 bits per heavy atom. The fraction of sp³-hybridized carbons (Fsp3) is 1.00. The van der Waals surface area contributed by atoms with Crippen molar-refractivity contribution in [3.63, 3.8) is 0 Å². The zero-order valence-electron chi connectivity index (χ0n) is 5.72. The average molecular weight is 118 g/mol. The summed E-state index contributed by atoms with van der Waals surface area (Å²) in [5, 5.41) is 8.90. The second-order valence-electron chi connectivity index (χ2n) is 2.09. The summed E-state index contributed by atoms with van der Waals surface area (Å²) in [6, 6.07) is 0. The molecule has 0 saturated heterocycles. The molecule has 0 aliphatic rings. The van der Waals surface area contributed by atoms with E-state index >= 15 is 0 Å². The fourth-order valence-corrected chi connectivity index (χ4v) is 0.363. The van der Waals surface area contributed by atoms with Crippen LogP contribution >= 0.6 is 0 Å². The Kier molecular flexibility index (Phi) is 3.83. The lowest BCUT2D eigenvalue weighted by Gasteiger charge is -2.12. The Bertz CT molecular complexity index is 52.5. The van der Waals surface area contributed by atoms with Crippen LogP contribution in [0.2, 0.25) is 0 Å². The molecule has 0 aromatic carbocycles. The molecule has 2 heteroatoms. The smallest absolute Gasteiger partial charge is 0.156 e. The fourth-order valence-electron chi connectivity index (χ4n) is 0.363. The van der Waals surface area contributed by atoms with E-state index in [1.54, 1.807) is 0 Å². The Morgan fingerprint density at radius 2 is 2.00 bits per heavy atom. The number of rotatable bonds is 3. The molecule has 1 N–H and O–H groups in total. The number of ether oxygens (including phenoxy) is 1. The molecule has 0 unspecified atom stereocenters. The van der Waals surface area contributed by atoms with Gasteiger partial charge in [0.15, 0.2) is 6.29 Å². The van der Waals surface area contributed by atoms with Gasteiger partial charge in [0, 0.05) is 12.5 Å². The molecular weight excluding hydrogens is 104 g/mol. The Labute approximate surface area is 50.5 Å². The monoisotopic (exact) mass is 118 g/mol.